The summed E-state index contributed by atoms with van der Waals surface area (Å²) in [6, 6.07) is 20.2. The number of nitrogens with zero attached hydrogens (tertiary/aromatic N) is 3. The summed E-state index contributed by atoms with van der Waals surface area (Å²) in [4.78, 5) is 4.28. The summed E-state index contributed by atoms with van der Waals surface area (Å²) < 4.78 is 7.85. The van der Waals surface area contributed by atoms with Crippen LogP contribution in [0.4, 0.5) is 0 Å². The fourth-order valence-electron chi connectivity index (χ4n) is 2.67. The third-order valence-corrected chi connectivity index (χ3v) is 4.24. The van der Waals surface area contributed by atoms with E-state index in [1.54, 1.807) is 13.2 Å². The Labute approximate surface area is 159 Å². The Hall–Kier alpha value is -3.28. The van der Waals surface area contributed by atoms with Gasteiger partial charge in [-0.05, 0) is 17.7 Å². The zero-order chi connectivity index (χ0) is 18.9. The summed E-state index contributed by atoms with van der Waals surface area (Å²) in [6.07, 6.45) is 1.79. The maximum atomic E-state index is 6.01. The number of aryl methyl sites for hydroxylation is 1. The number of nitrogens with one attached hydrogen (secondary N) is 2. The van der Waals surface area contributed by atoms with Crippen LogP contribution in [-0.4, -0.2) is 22.8 Å². The molecule has 0 saturated carbocycles. The quantitative estimate of drug-likeness (QED) is 0.500. The van der Waals surface area contributed by atoms with Crippen molar-refractivity contribution in [3.63, 3.8) is 0 Å². The second-order valence-electron chi connectivity index (χ2n) is 6.11. The van der Waals surface area contributed by atoms with Crippen molar-refractivity contribution < 1.29 is 4.74 Å². The van der Waals surface area contributed by atoms with Crippen molar-refractivity contribution in [3.8, 4) is 5.75 Å². The molecular formula is C21H25N5O. The highest BCUT2D eigenvalue weighted by atomic mass is 16.5. The monoisotopic (exact) mass is 363 g/mol. The molecule has 3 rings (SSSR count). The van der Waals surface area contributed by atoms with Crippen LogP contribution in [0.25, 0.3) is 0 Å². The van der Waals surface area contributed by atoms with Crippen LogP contribution in [0.15, 0.2) is 71.9 Å². The molecule has 0 saturated heterocycles. The topological polar surface area (TPSA) is 63.5 Å². The standard InChI is InChI=1S/C21H25N5O/c1-22-21(24-15-19-12-13-25-26(19)2)23-14-18-10-6-7-11-20(18)27-16-17-8-4-3-5-9-17/h3-13H,14-16H2,1-2H3,(H2,22,23,24). The number of guanidine groups is 1. The average Bonchev–Trinajstić information content (AvgIpc) is 3.13. The first-order valence-corrected chi connectivity index (χ1v) is 8.92. The summed E-state index contributed by atoms with van der Waals surface area (Å²) >= 11 is 0. The van der Waals surface area contributed by atoms with Crippen LogP contribution in [0.5, 0.6) is 5.75 Å². The van der Waals surface area contributed by atoms with Gasteiger partial charge in [-0.15, -0.1) is 0 Å². The largest absolute Gasteiger partial charge is 0.489 e. The molecule has 2 aromatic carbocycles. The number of ether oxygens (including phenoxy) is 1. The third kappa shape index (κ3) is 5.34. The van der Waals surface area contributed by atoms with E-state index in [1.807, 2.05) is 54.2 Å². The number of aliphatic imine (C=N–C) groups is 1. The molecule has 0 bridgehead atoms. The minimum atomic E-state index is 0.547. The maximum Gasteiger partial charge on any atom is 0.191 e. The molecule has 3 aromatic rings. The first-order valence-electron chi connectivity index (χ1n) is 8.92. The molecule has 6 nitrogen and oxygen atoms in total. The smallest absolute Gasteiger partial charge is 0.191 e. The van der Waals surface area contributed by atoms with Gasteiger partial charge in [0.05, 0.1) is 12.2 Å². The van der Waals surface area contributed by atoms with Crippen molar-refractivity contribution in [1.82, 2.24) is 20.4 Å². The Morgan fingerprint density at radius 3 is 2.48 bits per heavy atom. The van der Waals surface area contributed by atoms with Crippen LogP contribution in [0.2, 0.25) is 0 Å². The predicted octanol–water partition coefficient (Wildman–Crippen LogP) is 2.86. The lowest BCUT2D eigenvalue weighted by Crippen LogP contribution is -2.36. The van der Waals surface area contributed by atoms with E-state index in [0.717, 1.165) is 28.5 Å². The molecule has 27 heavy (non-hydrogen) atoms. The fraction of sp³-hybridized carbons (Fsp3) is 0.238. The van der Waals surface area contributed by atoms with Gasteiger partial charge in [0.25, 0.3) is 0 Å². The van der Waals surface area contributed by atoms with E-state index < -0.39 is 0 Å². The van der Waals surface area contributed by atoms with Gasteiger partial charge in [0.1, 0.15) is 12.4 Å². The van der Waals surface area contributed by atoms with E-state index in [-0.39, 0.29) is 0 Å². The zero-order valence-electron chi connectivity index (χ0n) is 15.7. The molecule has 0 fully saturated rings. The van der Waals surface area contributed by atoms with Crippen molar-refractivity contribution in [1.29, 1.82) is 0 Å². The van der Waals surface area contributed by atoms with Crippen molar-refractivity contribution in [2.45, 2.75) is 19.7 Å². The van der Waals surface area contributed by atoms with E-state index in [4.69, 9.17) is 4.74 Å². The van der Waals surface area contributed by atoms with E-state index in [9.17, 15) is 0 Å². The van der Waals surface area contributed by atoms with Crippen LogP contribution in [-0.2, 0) is 26.7 Å². The number of para-hydroxylation sites is 1. The summed E-state index contributed by atoms with van der Waals surface area (Å²) in [7, 11) is 3.68. The Bertz CT molecular complexity index is 873. The first kappa shape index (κ1) is 18.5. The first-order chi connectivity index (χ1) is 13.3. The molecule has 0 aliphatic carbocycles. The molecule has 0 unspecified atom stereocenters. The second kappa shape index (κ2) is 9.43. The van der Waals surface area contributed by atoms with Crippen LogP contribution < -0.4 is 15.4 Å². The van der Waals surface area contributed by atoms with E-state index in [2.05, 4.69) is 38.9 Å². The zero-order valence-corrected chi connectivity index (χ0v) is 15.7. The van der Waals surface area contributed by atoms with Crippen molar-refractivity contribution in [2.75, 3.05) is 7.05 Å². The Morgan fingerprint density at radius 1 is 1.00 bits per heavy atom. The molecule has 1 heterocycles. The van der Waals surface area contributed by atoms with Crippen LogP contribution in [0, 0.1) is 0 Å². The lowest BCUT2D eigenvalue weighted by molar-refractivity contribution is 0.302. The molecule has 0 aliphatic heterocycles. The van der Waals surface area contributed by atoms with Crippen molar-refractivity contribution in [2.24, 2.45) is 12.0 Å². The minimum absolute atomic E-state index is 0.547. The Balaban J connectivity index is 1.56. The molecule has 140 valence electrons. The van der Waals surface area contributed by atoms with E-state index in [1.165, 1.54) is 0 Å². The number of rotatable bonds is 7. The normalized spacial score (nSPS) is 11.3. The maximum absolute atomic E-state index is 6.01. The number of benzene rings is 2. The van der Waals surface area contributed by atoms with Crippen molar-refractivity contribution >= 4 is 5.96 Å². The fourth-order valence-corrected chi connectivity index (χ4v) is 2.67. The van der Waals surface area contributed by atoms with E-state index in [0.29, 0.717) is 19.7 Å². The van der Waals surface area contributed by atoms with Crippen LogP contribution >= 0.6 is 0 Å². The average molecular weight is 363 g/mol. The van der Waals surface area contributed by atoms with Gasteiger partial charge in [0.2, 0.25) is 0 Å². The van der Waals surface area contributed by atoms with Crippen LogP contribution in [0.3, 0.4) is 0 Å². The predicted molar refractivity (Wildman–Crippen MR) is 107 cm³/mol. The molecular weight excluding hydrogens is 338 g/mol. The van der Waals surface area contributed by atoms with Gasteiger partial charge in [-0.3, -0.25) is 9.67 Å². The highest BCUT2D eigenvalue weighted by Crippen LogP contribution is 2.19. The second-order valence-corrected chi connectivity index (χ2v) is 6.11. The van der Waals surface area contributed by atoms with Gasteiger partial charge in [-0.1, -0.05) is 48.5 Å². The summed E-state index contributed by atoms with van der Waals surface area (Å²) in [5.74, 6) is 1.60. The van der Waals surface area contributed by atoms with Crippen molar-refractivity contribution in [3.05, 3.63) is 83.7 Å². The van der Waals surface area contributed by atoms with Crippen LogP contribution in [0.1, 0.15) is 16.8 Å². The van der Waals surface area contributed by atoms with Gasteiger partial charge < -0.3 is 15.4 Å². The molecule has 0 aliphatic rings. The van der Waals surface area contributed by atoms with Gasteiger partial charge >= 0.3 is 0 Å². The van der Waals surface area contributed by atoms with Gasteiger partial charge in [0.15, 0.2) is 5.96 Å². The number of aromatic nitrogens is 2. The lowest BCUT2D eigenvalue weighted by atomic mass is 10.2. The summed E-state index contributed by atoms with van der Waals surface area (Å²) in [6.45, 7) is 1.82. The molecule has 0 amide bonds. The lowest BCUT2D eigenvalue weighted by Gasteiger charge is -2.15. The number of hydrogen-bond acceptors (Lipinski definition) is 3. The Kier molecular flexibility index (Phi) is 6.46. The summed E-state index contributed by atoms with van der Waals surface area (Å²) in [5, 5.41) is 10.8. The molecule has 0 radical (unpaired) electrons. The highest BCUT2D eigenvalue weighted by molar-refractivity contribution is 5.79. The van der Waals surface area contributed by atoms with Gasteiger partial charge in [-0.2, -0.15) is 5.10 Å². The molecule has 1 aromatic heterocycles. The molecule has 0 spiro atoms. The minimum Gasteiger partial charge on any atom is -0.489 e. The van der Waals surface area contributed by atoms with E-state index >= 15 is 0 Å². The highest BCUT2D eigenvalue weighted by Gasteiger charge is 2.06. The van der Waals surface area contributed by atoms with Gasteiger partial charge in [-0.25, -0.2) is 0 Å². The Morgan fingerprint density at radius 2 is 1.74 bits per heavy atom. The SMILES string of the molecule is CN=C(NCc1ccccc1OCc1ccccc1)NCc1ccnn1C. The molecule has 6 heteroatoms. The molecule has 0 atom stereocenters. The summed E-state index contributed by atoms with van der Waals surface area (Å²) in [5.41, 5.74) is 3.32. The van der Waals surface area contributed by atoms with Gasteiger partial charge in [0, 0.05) is 32.4 Å². The molecule has 2 N–H and O–H groups in total. The number of hydrogen-bond donors (Lipinski definition) is 2. The third-order valence-electron chi connectivity index (χ3n) is 4.24.